The Morgan fingerprint density at radius 1 is 1.26 bits per heavy atom. The van der Waals surface area contributed by atoms with Crippen LogP contribution in [0.2, 0.25) is 0 Å². The second-order valence-electron chi connectivity index (χ2n) is 4.00. The maximum atomic E-state index is 9.95. The average Bonchev–Trinajstić information content (AvgIpc) is 2.88. The number of unbranched alkanes of at least 4 members (excludes halogenated alkanes) is 2. The molecule has 0 saturated carbocycles. The smallest absolute Gasteiger partial charge is 0.267 e. The van der Waals surface area contributed by atoms with Crippen LogP contribution in [0.3, 0.4) is 0 Å². The minimum atomic E-state index is -3.90. The average molecular weight is 292 g/mol. The topological polar surface area (TPSA) is 67.4 Å². The van der Waals surface area contributed by atoms with Crippen LogP contribution in [0, 0.1) is 0 Å². The van der Waals surface area contributed by atoms with Gasteiger partial charge in [0.15, 0.2) is 0 Å². The molecule has 0 saturated heterocycles. The van der Waals surface area contributed by atoms with Gasteiger partial charge in [-0.3, -0.25) is 4.57 Å². The summed E-state index contributed by atoms with van der Waals surface area (Å²) in [6, 6.07) is 0. The zero-order chi connectivity index (χ0) is 14.7. The molecule has 0 amide bonds. The van der Waals surface area contributed by atoms with Gasteiger partial charge in [0.1, 0.15) is 12.4 Å². The molecule has 0 aliphatic rings. The maximum Gasteiger partial charge on any atom is 0.267 e. The molecule has 0 N–H and O–H groups in total. The number of nitrogens with zero attached hydrogens (tertiary/aromatic N) is 2. The van der Waals surface area contributed by atoms with E-state index in [4.69, 9.17) is 0 Å². The summed E-state index contributed by atoms with van der Waals surface area (Å²) < 4.78 is 22.1. The van der Waals surface area contributed by atoms with Crippen LogP contribution in [-0.4, -0.2) is 18.8 Å². The van der Waals surface area contributed by atoms with E-state index in [1.807, 2.05) is 0 Å². The fourth-order valence-electron chi connectivity index (χ4n) is 1.38. The SMILES string of the molecule is CCCCCn1cc[n+](CC)c1.COP(=O)([O-])OC. The Balaban J connectivity index is 0.000000399. The van der Waals surface area contributed by atoms with Gasteiger partial charge >= 0.3 is 0 Å². The molecule has 0 aliphatic heterocycles. The second kappa shape index (κ2) is 10.1. The molecule has 0 bridgehead atoms. The lowest BCUT2D eigenvalue weighted by Crippen LogP contribution is -2.28. The Labute approximate surface area is 115 Å². The third kappa shape index (κ3) is 8.94. The highest BCUT2D eigenvalue weighted by molar-refractivity contribution is 7.45. The summed E-state index contributed by atoms with van der Waals surface area (Å²) in [5.41, 5.74) is 0. The Morgan fingerprint density at radius 2 is 1.89 bits per heavy atom. The molecule has 0 radical (unpaired) electrons. The number of aryl methyl sites for hydroxylation is 2. The summed E-state index contributed by atoms with van der Waals surface area (Å²) in [6.45, 7) is 6.64. The lowest BCUT2D eigenvalue weighted by molar-refractivity contribution is -0.693. The zero-order valence-corrected chi connectivity index (χ0v) is 13.1. The van der Waals surface area contributed by atoms with Gasteiger partial charge in [-0.15, -0.1) is 0 Å². The summed E-state index contributed by atoms with van der Waals surface area (Å²) in [4.78, 5) is 9.95. The molecule has 0 unspecified atom stereocenters. The normalized spacial score (nSPS) is 11.0. The Morgan fingerprint density at radius 3 is 2.26 bits per heavy atom. The first-order valence-electron chi connectivity index (χ1n) is 6.46. The first-order valence-corrected chi connectivity index (χ1v) is 7.92. The zero-order valence-electron chi connectivity index (χ0n) is 12.2. The monoisotopic (exact) mass is 292 g/mol. The minimum absolute atomic E-state index is 1.04. The van der Waals surface area contributed by atoms with Gasteiger partial charge in [-0.1, -0.05) is 13.3 Å². The first-order chi connectivity index (χ1) is 8.99. The van der Waals surface area contributed by atoms with Crippen molar-refractivity contribution in [3.05, 3.63) is 18.7 Å². The molecule has 0 spiro atoms. The maximum absolute atomic E-state index is 9.95. The van der Waals surface area contributed by atoms with Crippen LogP contribution in [0.25, 0.3) is 0 Å². The molecule has 7 heteroatoms. The summed E-state index contributed by atoms with van der Waals surface area (Å²) in [5.74, 6) is 0. The van der Waals surface area contributed by atoms with E-state index in [0.29, 0.717) is 0 Å². The van der Waals surface area contributed by atoms with E-state index in [1.165, 1.54) is 25.8 Å². The largest absolute Gasteiger partial charge is 0.756 e. The predicted molar refractivity (Wildman–Crippen MR) is 71.5 cm³/mol. The Hall–Kier alpha value is -0.680. The number of hydrogen-bond donors (Lipinski definition) is 0. The first kappa shape index (κ1) is 18.3. The lowest BCUT2D eigenvalue weighted by Gasteiger charge is -2.16. The van der Waals surface area contributed by atoms with Gasteiger partial charge in [0, 0.05) is 14.2 Å². The molecule has 0 atom stereocenters. The van der Waals surface area contributed by atoms with Gasteiger partial charge in [-0.25, -0.2) is 9.13 Å². The number of hydrogen-bond acceptors (Lipinski definition) is 4. The van der Waals surface area contributed by atoms with Crippen molar-refractivity contribution in [3.63, 3.8) is 0 Å². The van der Waals surface area contributed by atoms with E-state index in [0.717, 1.165) is 20.8 Å². The fraction of sp³-hybridized carbons (Fsp3) is 0.750. The van der Waals surface area contributed by atoms with Crippen LogP contribution in [-0.2, 0) is 26.7 Å². The van der Waals surface area contributed by atoms with Crippen molar-refractivity contribution in [2.45, 2.75) is 46.2 Å². The molecule has 1 aromatic rings. The van der Waals surface area contributed by atoms with Crippen LogP contribution in [0.4, 0.5) is 0 Å². The summed E-state index contributed by atoms with van der Waals surface area (Å²) in [5, 5.41) is 0. The summed E-state index contributed by atoms with van der Waals surface area (Å²) >= 11 is 0. The molecule has 0 aliphatic carbocycles. The van der Waals surface area contributed by atoms with Gasteiger partial charge < -0.3 is 13.9 Å². The van der Waals surface area contributed by atoms with Gasteiger partial charge in [-0.2, -0.15) is 0 Å². The van der Waals surface area contributed by atoms with Crippen molar-refractivity contribution in [1.29, 1.82) is 0 Å². The summed E-state index contributed by atoms with van der Waals surface area (Å²) in [6.07, 6.45) is 10.4. The van der Waals surface area contributed by atoms with E-state index in [2.05, 4.69) is 50.8 Å². The van der Waals surface area contributed by atoms with Crippen LogP contribution in [0.15, 0.2) is 18.7 Å². The van der Waals surface area contributed by atoms with E-state index in [9.17, 15) is 9.46 Å². The molecule has 1 heterocycles. The standard InChI is InChI=1S/C10H19N2.C2H7O4P/c1-3-5-6-7-12-9-8-11(4-2)10-12;1-5-7(3,4)6-2/h8-10H,3-7H2,1-2H3;1-2H3,(H,3,4)/q+1;/p-1. The van der Waals surface area contributed by atoms with Crippen molar-refractivity contribution in [2.24, 2.45) is 0 Å². The van der Waals surface area contributed by atoms with Crippen LogP contribution >= 0.6 is 7.82 Å². The van der Waals surface area contributed by atoms with E-state index < -0.39 is 7.82 Å². The van der Waals surface area contributed by atoms with Crippen molar-refractivity contribution >= 4 is 7.82 Å². The third-order valence-electron chi connectivity index (χ3n) is 2.58. The molecular weight excluding hydrogens is 267 g/mol. The number of phosphoric acid groups is 1. The quantitative estimate of drug-likeness (QED) is 0.436. The summed E-state index contributed by atoms with van der Waals surface area (Å²) in [7, 11) is -1.83. The number of imidazole rings is 1. The number of aromatic nitrogens is 2. The highest BCUT2D eigenvalue weighted by atomic mass is 31.2. The molecule has 1 aromatic heterocycles. The van der Waals surface area contributed by atoms with E-state index in [-0.39, 0.29) is 0 Å². The molecule has 6 nitrogen and oxygen atoms in total. The van der Waals surface area contributed by atoms with Crippen LogP contribution in [0.1, 0.15) is 33.1 Å². The Kier molecular flexibility index (Phi) is 9.79. The van der Waals surface area contributed by atoms with Crippen molar-refractivity contribution in [3.8, 4) is 0 Å². The van der Waals surface area contributed by atoms with Gasteiger partial charge in [0.25, 0.3) is 7.82 Å². The number of rotatable bonds is 7. The van der Waals surface area contributed by atoms with Crippen LogP contribution < -0.4 is 9.46 Å². The fourth-order valence-corrected chi connectivity index (χ4v) is 1.53. The number of phosphoric ester groups is 1. The highest BCUT2D eigenvalue weighted by Gasteiger charge is 2.00. The molecule has 112 valence electrons. The van der Waals surface area contributed by atoms with Crippen molar-refractivity contribution in [2.75, 3.05) is 14.2 Å². The molecule has 1 rings (SSSR count). The lowest BCUT2D eigenvalue weighted by atomic mass is 10.2. The van der Waals surface area contributed by atoms with Crippen molar-refractivity contribution in [1.82, 2.24) is 4.57 Å². The molecule has 0 fully saturated rings. The molecular formula is C12H25N2O4P. The van der Waals surface area contributed by atoms with E-state index in [1.54, 1.807) is 0 Å². The van der Waals surface area contributed by atoms with Gasteiger partial charge in [0.2, 0.25) is 6.33 Å². The highest BCUT2D eigenvalue weighted by Crippen LogP contribution is 2.34. The molecule has 0 aromatic carbocycles. The third-order valence-corrected chi connectivity index (χ3v) is 3.47. The Bertz CT molecular complexity index is 374. The van der Waals surface area contributed by atoms with Crippen molar-refractivity contribution < 1.29 is 23.1 Å². The molecule has 19 heavy (non-hydrogen) atoms. The van der Waals surface area contributed by atoms with Gasteiger partial charge in [-0.05, 0) is 19.8 Å². The van der Waals surface area contributed by atoms with E-state index >= 15 is 0 Å². The second-order valence-corrected chi connectivity index (χ2v) is 5.63. The van der Waals surface area contributed by atoms with Gasteiger partial charge in [0.05, 0.1) is 13.1 Å². The minimum Gasteiger partial charge on any atom is -0.756 e. The predicted octanol–water partition coefficient (Wildman–Crippen LogP) is 1.73. The van der Waals surface area contributed by atoms with Crippen LogP contribution in [0.5, 0.6) is 0 Å².